The first-order chi connectivity index (χ1) is 9.33. The second-order valence-corrected chi connectivity index (χ2v) is 4.27. The van der Waals surface area contributed by atoms with Crippen LogP contribution >= 0.6 is 0 Å². The Morgan fingerprint density at radius 1 is 1.11 bits per heavy atom. The van der Waals surface area contributed by atoms with Crippen LogP contribution in [-0.4, -0.2) is 6.29 Å². The van der Waals surface area contributed by atoms with E-state index in [4.69, 9.17) is 6.42 Å². The molecule has 2 nitrogen and oxygen atoms in total. The minimum absolute atomic E-state index is 0.611. The normalized spacial score (nSPS) is 9.84. The van der Waals surface area contributed by atoms with Gasteiger partial charge in [-0.25, -0.2) is 0 Å². The number of rotatable bonds is 5. The Kier molecular flexibility index (Phi) is 4.49. The first-order valence-corrected chi connectivity index (χ1v) is 6.13. The minimum Gasteiger partial charge on any atom is -0.309 e. The summed E-state index contributed by atoms with van der Waals surface area (Å²) in [6.45, 7) is 1.48. The van der Waals surface area contributed by atoms with Gasteiger partial charge in [-0.2, -0.15) is 0 Å². The molecule has 0 aliphatic rings. The van der Waals surface area contributed by atoms with Crippen LogP contribution in [0, 0.1) is 12.3 Å². The summed E-state index contributed by atoms with van der Waals surface area (Å²) in [5.41, 5.74) is 3.64. The lowest BCUT2D eigenvalue weighted by Gasteiger charge is -2.08. The Bertz CT molecular complexity index is 596. The third-order valence-corrected chi connectivity index (χ3v) is 2.91. The van der Waals surface area contributed by atoms with Gasteiger partial charge in [0, 0.05) is 24.2 Å². The third-order valence-electron chi connectivity index (χ3n) is 2.91. The molecule has 0 amide bonds. The van der Waals surface area contributed by atoms with Crippen LogP contribution in [0.5, 0.6) is 0 Å². The van der Waals surface area contributed by atoms with Crippen LogP contribution in [0.4, 0.5) is 0 Å². The molecule has 0 heterocycles. The molecule has 2 rings (SSSR count). The molecule has 0 atom stereocenters. The fourth-order valence-electron chi connectivity index (χ4n) is 1.89. The predicted molar refractivity (Wildman–Crippen MR) is 76.8 cm³/mol. The lowest BCUT2D eigenvalue weighted by molar-refractivity contribution is 0.112. The molecule has 0 spiro atoms. The van der Waals surface area contributed by atoms with Crippen LogP contribution in [-0.2, 0) is 13.1 Å². The van der Waals surface area contributed by atoms with Crippen molar-refractivity contribution in [1.82, 2.24) is 5.32 Å². The van der Waals surface area contributed by atoms with E-state index in [9.17, 15) is 4.79 Å². The van der Waals surface area contributed by atoms with Gasteiger partial charge in [-0.1, -0.05) is 48.4 Å². The van der Waals surface area contributed by atoms with Gasteiger partial charge >= 0.3 is 0 Å². The van der Waals surface area contributed by atoms with Gasteiger partial charge in [0.1, 0.15) is 6.29 Å². The van der Waals surface area contributed by atoms with Crippen LogP contribution in [0.15, 0.2) is 48.5 Å². The number of nitrogens with one attached hydrogen (secondary N) is 1. The van der Waals surface area contributed by atoms with Crippen molar-refractivity contribution >= 4 is 6.29 Å². The number of terminal acetylenes is 1. The molecular formula is C17H15NO. The fraction of sp³-hybridized carbons (Fsp3) is 0.118. The molecule has 0 bridgehead atoms. The second kappa shape index (κ2) is 6.53. The maximum absolute atomic E-state index is 10.7. The molecule has 0 saturated carbocycles. The van der Waals surface area contributed by atoms with E-state index in [0.29, 0.717) is 12.1 Å². The second-order valence-electron chi connectivity index (χ2n) is 4.27. The van der Waals surface area contributed by atoms with Crippen molar-refractivity contribution in [2.45, 2.75) is 13.1 Å². The van der Waals surface area contributed by atoms with E-state index >= 15 is 0 Å². The molecule has 0 unspecified atom stereocenters. The first-order valence-electron chi connectivity index (χ1n) is 6.13. The molecule has 0 saturated heterocycles. The number of aldehydes is 1. The van der Waals surface area contributed by atoms with Crippen molar-refractivity contribution in [3.63, 3.8) is 0 Å². The summed E-state index contributed by atoms with van der Waals surface area (Å²) < 4.78 is 0. The van der Waals surface area contributed by atoms with Crippen molar-refractivity contribution in [3.05, 3.63) is 70.8 Å². The van der Waals surface area contributed by atoms with Crippen LogP contribution in [0.3, 0.4) is 0 Å². The van der Waals surface area contributed by atoms with Gasteiger partial charge in [0.25, 0.3) is 0 Å². The summed E-state index contributed by atoms with van der Waals surface area (Å²) in [6.07, 6.45) is 6.27. The van der Waals surface area contributed by atoms with E-state index in [1.165, 1.54) is 5.56 Å². The van der Waals surface area contributed by atoms with Crippen LogP contribution < -0.4 is 5.32 Å². The third kappa shape index (κ3) is 3.54. The fourth-order valence-corrected chi connectivity index (χ4v) is 1.89. The highest BCUT2D eigenvalue weighted by Crippen LogP contribution is 2.10. The zero-order chi connectivity index (χ0) is 13.5. The standard InChI is InChI=1S/C17H15NO/c1-2-16-10-15(13-19)8-9-17(16)12-18-11-14-6-4-3-5-7-14/h1,3-10,13,18H,11-12H2. The number of hydrogen-bond acceptors (Lipinski definition) is 2. The molecule has 2 aromatic carbocycles. The molecule has 19 heavy (non-hydrogen) atoms. The monoisotopic (exact) mass is 249 g/mol. The highest BCUT2D eigenvalue weighted by atomic mass is 16.1. The molecule has 2 aromatic rings. The topological polar surface area (TPSA) is 29.1 Å². The van der Waals surface area contributed by atoms with Crippen molar-refractivity contribution in [2.24, 2.45) is 0 Å². The van der Waals surface area contributed by atoms with Crippen LogP contribution in [0.2, 0.25) is 0 Å². The number of hydrogen-bond donors (Lipinski definition) is 1. The average molecular weight is 249 g/mol. The zero-order valence-electron chi connectivity index (χ0n) is 10.6. The van der Waals surface area contributed by atoms with Gasteiger partial charge in [0.05, 0.1) is 0 Å². The SMILES string of the molecule is C#Cc1cc(C=O)ccc1CNCc1ccccc1. The lowest BCUT2D eigenvalue weighted by atomic mass is 10.0. The molecule has 2 heteroatoms. The summed E-state index contributed by atoms with van der Waals surface area (Å²) in [5, 5.41) is 3.35. The maximum Gasteiger partial charge on any atom is 0.150 e. The van der Waals surface area contributed by atoms with Crippen molar-refractivity contribution in [2.75, 3.05) is 0 Å². The molecule has 0 aliphatic carbocycles. The summed E-state index contributed by atoms with van der Waals surface area (Å²) in [5.74, 6) is 2.62. The van der Waals surface area contributed by atoms with Gasteiger partial charge in [-0.05, 0) is 17.2 Å². The Morgan fingerprint density at radius 2 is 1.89 bits per heavy atom. The maximum atomic E-state index is 10.7. The first kappa shape index (κ1) is 13.1. The van der Waals surface area contributed by atoms with E-state index in [-0.39, 0.29) is 0 Å². The summed E-state index contributed by atoms with van der Waals surface area (Å²) >= 11 is 0. The highest BCUT2D eigenvalue weighted by Gasteiger charge is 2.01. The molecule has 0 fully saturated rings. The summed E-state index contributed by atoms with van der Waals surface area (Å²) in [7, 11) is 0. The van der Waals surface area contributed by atoms with E-state index < -0.39 is 0 Å². The number of benzene rings is 2. The number of carbonyl (C=O) groups is 1. The molecular weight excluding hydrogens is 234 g/mol. The van der Waals surface area contributed by atoms with E-state index in [0.717, 1.165) is 24.0 Å². The van der Waals surface area contributed by atoms with E-state index in [1.807, 2.05) is 24.3 Å². The van der Waals surface area contributed by atoms with E-state index in [2.05, 4.69) is 23.4 Å². The quantitative estimate of drug-likeness (QED) is 0.652. The largest absolute Gasteiger partial charge is 0.309 e. The van der Waals surface area contributed by atoms with Gasteiger partial charge in [-0.3, -0.25) is 4.79 Å². The van der Waals surface area contributed by atoms with Gasteiger partial charge < -0.3 is 5.32 Å². The van der Waals surface area contributed by atoms with Gasteiger partial charge in [0.15, 0.2) is 0 Å². The van der Waals surface area contributed by atoms with Crippen molar-refractivity contribution in [1.29, 1.82) is 0 Å². The molecule has 0 radical (unpaired) electrons. The van der Waals surface area contributed by atoms with Crippen molar-refractivity contribution < 1.29 is 4.79 Å². The number of carbonyl (C=O) groups excluding carboxylic acids is 1. The predicted octanol–water partition coefficient (Wildman–Crippen LogP) is 2.77. The smallest absolute Gasteiger partial charge is 0.150 e. The molecule has 1 N–H and O–H groups in total. The Hall–Kier alpha value is -2.37. The van der Waals surface area contributed by atoms with Crippen LogP contribution in [0.25, 0.3) is 0 Å². The molecule has 94 valence electrons. The molecule has 0 aromatic heterocycles. The van der Waals surface area contributed by atoms with Crippen LogP contribution in [0.1, 0.15) is 27.0 Å². The Labute approximate surface area is 113 Å². The average Bonchev–Trinajstić information content (AvgIpc) is 2.48. The van der Waals surface area contributed by atoms with E-state index in [1.54, 1.807) is 12.1 Å². The van der Waals surface area contributed by atoms with Gasteiger partial charge in [0.2, 0.25) is 0 Å². The molecule has 0 aliphatic heterocycles. The Balaban J connectivity index is 2.00. The Morgan fingerprint density at radius 3 is 2.58 bits per heavy atom. The minimum atomic E-state index is 0.611. The highest BCUT2D eigenvalue weighted by molar-refractivity contribution is 5.76. The summed E-state index contributed by atoms with van der Waals surface area (Å²) in [6, 6.07) is 15.6. The van der Waals surface area contributed by atoms with Gasteiger partial charge in [-0.15, -0.1) is 6.42 Å². The zero-order valence-corrected chi connectivity index (χ0v) is 10.6. The summed E-state index contributed by atoms with van der Waals surface area (Å²) in [4.78, 5) is 10.7. The van der Waals surface area contributed by atoms with Crippen molar-refractivity contribution in [3.8, 4) is 12.3 Å². The lowest BCUT2D eigenvalue weighted by Crippen LogP contribution is -2.13.